The van der Waals surface area contributed by atoms with Gasteiger partial charge in [0.15, 0.2) is 0 Å². The largest absolute Gasteiger partial charge is 0.335 e. The summed E-state index contributed by atoms with van der Waals surface area (Å²) >= 11 is 3.31. The molecule has 2 aromatic heterocycles. The van der Waals surface area contributed by atoms with E-state index in [1.807, 2.05) is 19.4 Å². The van der Waals surface area contributed by atoms with Gasteiger partial charge in [-0.15, -0.1) is 22.7 Å². The molecule has 21 heavy (non-hydrogen) atoms. The third-order valence-electron chi connectivity index (χ3n) is 3.95. The average Bonchev–Trinajstić information content (AvgIpc) is 3.03. The Labute approximate surface area is 133 Å². The van der Waals surface area contributed by atoms with Crippen LogP contribution >= 0.6 is 22.7 Å². The van der Waals surface area contributed by atoms with E-state index in [0.29, 0.717) is 6.54 Å². The van der Waals surface area contributed by atoms with Crippen LogP contribution in [0.15, 0.2) is 11.4 Å². The van der Waals surface area contributed by atoms with Crippen LogP contribution in [0.5, 0.6) is 0 Å². The van der Waals surface area contributed by atoms with Crippen molar-refractivity contribution in [1.29, 1.82) is 0 Å². The fraction of sp³-hybridized carbons (Fsp3) is 0.500. The summed E-state index contributed by atoms with van der Waals surface area (Å²) in [7, 11) is 1.86. The van der Waals surface area contributed by atoms with E-state index in [2.05, 4.69) is 18.0 Å². The Morgan fingerprint density at radius 3 is 3.05 bits per heavy atom. The van der Waals surface area contributed by atoms with Crippen LogP contribution in [0.4, 0.5) is 0 Å². The number of hydrogen-bond donors (Lipinski definition) is 0. The first-order chi connectivity index (χ1) is 10.0. The lowest BCUT2D eigenvalue weighted by molar-refractivity contribution is 0.0788. The molecule has 3 rings (SSSR count). The smallest absolute Gasteiger partial charge is 0.264 e. The van der Waals surface area contributed by atoms with Crippen molar-refractivity contribution in [2.24, 2.45) is 5.92 Å². The minimum atomic E-state index is 0.118. The molecule has 1 aliphatic rings. The number of thiazole rings is 1. The van der Waals surface area contributed by atoms with Crippen LogP contribution in [-0.4, -0.2) is 22.8 Å². The number of amides is 1. The number of carbonyl (C=O) groups excluding carboxylic acids is 1. The molecule has 1 aliphatic carbocycles. The third-order valence-corrected chi connectivity index (χ3v) is 6.00. The Balaban J connectivity index is 1.72. The molecule has 1 amide bonds. The maximum absolute atomic E-state index is 12.6. The van der Waals surface area contributed by atoms with Crippen LogP contribution < -0.4 is 0 Å². The van der Waals surface area contributed by atoms with E-state index in [1.165, 1.54) is 16.9 Å². The van der Waals surface area contributed by atoms with Gasteiger partial charge in [-0.05, 0) is 43.7 Å². The molecule has 0 radical (unpaired) electrons. The number of nitrogens with zero attached hydrogens (tertiary/aromatic N) is 2. The number of hydrogen-bond acceptors (Lipinski definition) is 4. The van der Waals surface area contributed by atoms with Gasteiger partial charge < -0.3 is 4.90 Å². The number of aromatic nitrogens is 1. The predicted octanol–water partition coefficient (Wildman–Crippen LogP) is 3.91. The molecule has 0 unspecified atom stereocenters. The van der Waals surface area contributed by atoms with E-state index >= 15 is 0 Å². The third kappa shape index (κ3) is 3.19. The number of fused-ring (bicyclic) bond motifs is 1. The van der Waals surface area contributed by atoms with Crippen LogP contribution in [0.3, 0.4) is 0 Å². The summed E-state index contributed by atoms with van der Waals surface area (Å²) in [5.74, 6) is 0.860. The van der Waals surface area contributed by atoms with Gasteiger partial charge in [-0.3, -0.25) is 4.79 Å². The zero-order chi connectivity index (χ0) is 15.0. The number of aryl methyl sites for hydroxylation is 2. The molecule has 0 aromatic carbocycles. The van der Waals surface area contributed by atoms with E-state index in [-0.39, 0.29) is 5.91 Å². The van der Waals surface area contributed by atoms with Crippen molar-refractivity contribution in [3.8, 4) is 0 Å². The predicted molar refractivity (Wildman–Crippen MR) is 88.2 cm³/mol. The molecule has 3 nitrogen and oxygen atoms in total. The van der Waals surface area contributed by atoms with Crippen molar-refractivity contribution in [1.82, 2.24) is 9.88 Å². The van der Waals surface area contributed by atoms with E-state index in [9.17, 15) is 4.79 Å². The summed E-state index contributed by atoms with van der Waals surface area (Å²) < 4.78 is 0. The highest BCUT2D eigenvalue weighted by Gasteiger charge is 2.22. The first-order valence-corrected chi connectivity index (χ1v) is 9.00. The molecular weight excluding hydrogens is 300 g/mol. The lowest BCUT2D eigenvalue weighted by Gasteiger charge is -2.16. The fourth-order valence-electron chi connectivity index (χ4n) is 2.79. The van der Waals surface area contributed by atoms with Gasteiger partial charge >= 0.3 is 0 Å². The molecule has 0 saturated heterocycles. The summed E-state index contributed by atoms with van der Waals surface area (Å²) in [6.45, 7) is 4.87. The van der Waals surface area contributed by atoms with E-state index in [4.69, 9.17) is 0 Å². The highest BCUT2D eigenvalue weighted by atomic mass is 32.1. The highest BCUT2D eigenvalue weighted by Crippen LogP contribution is 2.32. The molecule has 5 heteroatoms. The van der Waals surface area contributed by atoms with Crippen molar-refractivity contribution in [3.05, 3.63) is 37.5 Å². The van der Waals surface area contributed by atoms with Crippen LogP contribution in [0.25, 0.3) is 0 Å². The standard InChI is InChI=1S/C16H20N2OS2/c1-10-4-5-14-12(6-10)7-15(21-14)16(19)18(3)8-13-9-20-11(2)17-13/h7,9-10H,4-6,8H2,1-3H3/t10-/m1/s1. The maximum Gasteiger partial charge on any atom is 0.264 e. The van der Waals surface area contributed by atoms with Crippen molar-refractivity contribution in [2.45, 2.75) is 39.7 Å². The van der Waals surface area contributed by atoms with E-state index < -0.39 is 0 Å². The lowest BCUT2D eigenvalue weighted by atomic mass is 9.90. The highest BCUT2D eigenvalue weighted by molar-refractivity contribution is 7.14. The molecule has 2 aromatic rings. The summed E-state index contributed by atoms with van der Waals surface area (Å²) in [6.07, 6.45) is 3.49. The Morgan fingerprint density at radius 2 is 2.33 bits per heavy atom. The van der Waals surface area contributed by atoms with Crippen molar-refractivity contribution < 1.29 is 4.79 Å². The lowest BCUT2D eigenvalue weighted by Crippen LogP contribution is -2.25. The van der Waals surface area contributed by atoms with Crippen molar-refractivity contribution in [2.75, 3.05) is 7.05 Å². The first kappa shape index (κ1) is 14.7. The topological polar surface area (TPSA) is 33.2 Å². The molecule has 112 valence electrons. The van der Waals surface area contributed by atoms with Crippen molar-refractivity contribution >= 4 is 28.6 Å². The molecule has 0 bridgehead atoms. The first-order valence-electron chi connectivity index (χ1n) is 7.31. The Morgan fingerprint density at radius 1 is 1.52 bits per heavy atom. The molecule has 1 atom stereocenters. The van der Waals surface area contributed by atoms with E-state index in [0.717, 1.165) is 34.3 Å². The summed E-state index contributed by atoms with van der Waals surface area (Å²) in [4.78, 5) is 21.1. The van der Waals surface area contributed by atoms with Crippen LogP contribution in [-0.2, 0) is 19.4 Å². The van der Waals surface area contributed by atoms with Crippen LogP contribution in [0.1, 0.15) is 44.2 Å². The van der Waals surface area contributed by atoms with Gasteiger partial charge in [0.05, 0.1) is 22.1 Å². The molecular formula is C16H20N2OS2. The summed E-state index contributed by atoms with van der Waals surface area (Å²) in [6, 6.07) is 2.11. The zero-order valence-corrected chi connectivity index (χ0v) is 14.3. The van der Waals surface area contributed by atoms with E-state index in [1.54, 1.807) is 27.6 Å². The fourth-order valence-corrected chi connectivity index (χ4v) is 4.60. The van der Waals surface area contributed by atoms with Crippen LogP contribution in [0.2, 0.25) is 0 Å². The minimum absolute atomic E-state index is 0.118. The number of thiophene rings is 1. The molecule has 0 aliphatic heterocycles. The monoisotopic (exact) mass is 320 g/mol. The molecule has 0 fully saturated rings. The molecule has 0 spiro atoms. The van der Waals surface area contributed by atoms with Gasteiger partial charge in [-0.2, -0.15) is 0 Å². The normalized spacial score (nSPS) is 17.6. The second-order valence-electron chi connectivity index (χ2n) is 5.93. The van der Waals surface area contributed by atoms with Gasteiger partial charge in [-0.25, -0.2) is 4.98 Å². The van der Waals surface area contributed by atoms with Gasteiger partial charge in [0.25, 0.3) is 5.91 Å². The van der Waals surface area contributed by atoms with Crippen LogP contribution in [0, 0.1) is 12.8 Å². The molecule has 0 N–H and O–H groups in total. The minimum Gasteiger partial charge on any atom is -0.335 e. The Hall–Kier alpha value is -1.20. The summed E-state index contributed by atoms with van der Waals surface area (Å²) in [5.41, 5.74) is 2.36. The molecule has 0 saturated carbocycles. The van der Waals surface area contributed by atoms with Crippen molar-refractivity contribution in [3.63, 3.8) is 0 Å². The molecule has 2 heterocycles. The SMILES string of the molecule is Cc1nc(CN(C)C(=O)c2cc3c(s2)CC[C@@H](C)C3)cs1. The second kappa shape index (κ2) is 5.89. The Kier molecular flexibility index (Phi) is 4.13. The number of carbonyl (C=O) groups is 1. The van der Waals surface area contributed by atoms with Gasteiger partial charge in [0.2, 0.25) is 0 Å². The maximum atomic E-state index is 12.6. The summed E-state index contributed by atoms with van der Waals surface area (Å²) in [5, 5.41) is 3.08. The quantitative estimate of drug-likeness (QED) is 0.859. The average molecular weight is 320 g/mol. The van der Waals surface area contributed by atoms with Gasteiger partial charge in [0.1, 0.15) is 0 Å². The second-order valence-corrected chi connectivity index (χ2v) is 8.13. The Bertz CT molecular complexity index is 659. The number of rotatable bonds is 3. The zero-order valence-electron chi connectivity index (χ0n) is 12.7. The van der Waals surface area contributed by atoms with Gasteiger partial charge in [0, 0.05) is 17.3 Å². The van der Waals surface area contributed by atoms with Gasteiger partial charge in [-0.1, -0.05) is 6.92 Å².